The molecule has 0 aliphatic heterocycles. The molecule has 0 aliphatic rings. The fraction of sp³-hybridized carbons (Fsp3) is 0.143. The highest BCUT2D eigenvalue weighted by Crippen LogP contribution is 2.31. The van der Waals surface area contributed by atoms with Crippen LogP contribution in [0, 0.1) is 0 Å². The maximum absolute atomic E-state index is 12.2. The minimum Gasteiger partial charge on any atom is -0.490 e. The van der Waals surface area contributed by atoms with Gasteiger partial charge in [-0.2, -0.15) is 8.42 Å². The van der Waals surface area contributed by atoms with Crippen LogP contribution >= 0.6 is 11.6 Å². The van der Waals surface area contributed by atoms with Crippen LogP contribution in [-0.2, 0) is 10.1 Å². The summed E-state index contributed by atoms with van der Waals surface area (Å²) in [6, 6.07) is 12.7. The monoisotopic (exact) mass is 312 g/mol. The quantitative estimate of drug-likeness (QED) is 0.793. The molecule has 2 aromatic rings. The van der Waals surface area contributed by atoms with Crippen LogP contribution < -0.4 is 8.92 Å². The van der Waals surface area contributed by atoms with Gasteiger partial charge in [-0.25, -0.2) is 0 Å². The van der Waals surface area contributed by atoms with E-state index >= 15 is 0 Å². The smallest absolute Gasteiger partial charge is 0.340 e. The van der Waals surface area contributed by atoms with Crippen molar-refractivity contribution >= 4 is 21.7 Å². The van der Waals surface area contributed by atoms with Gasteiger partial charge in [0.2, 0.25) is 0 Å². The zero-order valence-electron chi connectivity index (χ0n) is 10.7. The van der Waals surface area contributed by atoms with E-state index in [4.69, 9.17) is 20.5 Å². The van der Waals surface area contributed by atoms with Crippen LogP contribution in [0.15, 0.2) is 53.4 Å². The van der Waals surface area contributed by atoms with Crippen LogP contribution in [0.4, 0.5) is 0 Å². The lowest BCUT2D eigenvalue weighted by atomic mass is 10.3. The molecule has 0 aromatic heterocycles. The van der Waals surface area contributed by atoms with Crippen molar-refractivity contribution in [2.75, 3.05) is 6.61 Å². The molecule has 6 heteroatoms. The topological polar surface area (TPSA) is 52.6 Å². The molecule has 0 saturated carbocycles. The summed E-state index contributed by atoms with van der Waals surface area (Å²) in [6.07, 6.45) is 0. The van der Waals surface area contributed by atoms with Crippen LogP contribution in [0.5, 0.6) is 11.5 Å². The van der Waals surface area contributed by atoms with Crippen LogP contribution in [0.2, 0.25) is 5.02 Å². The van der Waals surface area contributed by atoms with Gasteiger partial charge in [0.05, 0.1) is 11.6 Å². The summed E-state index contributed by atoms with van der Waals surface area (Å²) in [4.78, 5) is -0.0760. The van der Waals surface area contributed by atoms with Crippen molar-refractivity contribution in [1.82, 2.24) is 0 Å². The van der Waals surface area contributed by atoms with Crippen LogP contribution in [-0.4, -0.2) is 15.0 Å². The van der Waals surface area contributed by atoms with Crippen molar-refractivity contribution in [3.05, 3.63) is 53.6 Å². The highest BCUT2D eigenvalue weighted by molar-refractivity contribution is 7.87. The van der Waals surface area contributed by atoms with Crippen LogP contribution in [0.3, 0.4) is 0 Å². The van der Waals surface area contributed by atoms with Crippen LogP contribution in [0.25, 0.3) is 0 Å². The molecule has 20 heavy (non-hydrogen) atoms. The summed E-state index contributed by atoms with van der Waals surface area (Å²) in [5, 5.41) is 0.112. The van der Waals surface area contributed by atoms with Gasteiger partial charge >= 0.3 is 10.1 Å². The number of hydrogen-bond acceptors (Lipinski definition) is 4. The molecule has 0 saturated heterocycles. The van der Waals surface area contributed by atoms with Gasteiger partial charge in [0.15, 0.2) is 11.5 Å². The Bertz CT molecular complexity index is 698. The first-order valence-electron chi connectivity index (χ1n) is 5.95. The third kappa shape index (κ3) is 3.23. The van der Waals surface area contributed by atoms with Crippen LogP contribution in [0.1, 0.15) is 6.92 Å². The van der Waals surface area contributed by atoms with Gasteiger partial charge in [-0.3, -0.25) is 0 Å². The Morgan fingerprint density at radius 3 is 2.25 bits per heavy atom. The molecule has 0 amide bonds. The number of rotatable bonds is 5. The fourth-order valence-corrected chi connectivity index (χ4v) is 3.04. The van der Waals surface area contributed by atoms with Gasteiger partial charge in [0.1, 0.15) is 4.90 Å². The zero-order valence-corrected chi connectivity index (χ0v) is 12.3. The average molecular weight is 313 g/mol. The Labute approximate surface area is 123 Å². The van der Waals surface area contributed by atoms with Crippen molar-refractivity contribution in [2.45, 2.75) is 11.8 Å². The van der Waals surface area contributed by atoms with E-state index in [1.54, 1.807) is 37.3 Å². The Morgan fingerprint density at radius 2 is 1.60 bits per heavy atom. The fourth-order valence-electron chi connectivity index (χ4n) is 1.60. The molecular weight excluding hydrogens is 300 g/mol. The molecule has 0 N–H and O–H groups in total. The number of benzene rings is 2. The van der Waals surface area contributed by atoms with Crippen molar-refractivity contribution in [3.63, 3.8) is 0 Å². The van der Waals surface area contributed by atoms with E-state index in [1.165, 1.54) is 18.2 Å². The van der Waals surface area contributed by atoms with E-state index in [0.717, 1.165) is 0 Å². The second kappa shape index (κ2) is 6.15. The molecule has 0 bridgehead atoms. The molecule has 0 radical (unpaired) electrons. The average Bonchev–Trinajstić information content (AvgIpc) is 2.41. The predicted octanol–water partition coefficient (Wildman–Crippen LogP) is 3.51. The van der Waals surface area contributed by atoms with Gasteiger partial charge in [-0.1, -0.05) is 35.9 Å². The highest BCUT2D eigenvalue weighted by Gasteiger charge is 2.21. The maximum Gasteiger partial charge on any atom is 0.340 e. The second-order valence-electron chi connectivity index (χ2n) is 3.85. The molecule has 2 aromatic carbocycles. The third-order valence-electron chi connectivity index (χ3n) is 2.45. The summed E-state index contributed by atoms with van der Waals surface area (Å²) < 4.78 is 34.9. The second-order valence-corrected chi connectivity index (χ2v) is 5.77. The zero-order chi connectivity index (χ0) is 14.6. The Hall–Kier alpha value is -1.72. The first-order chi connectivity index (χ1) is 9.54. The molecule has 0 unspecified atom stereocenters. The summed E-state index contributed by atoms with van der Waals surface area (Å²) >= 11 is 5.89. The number of hydrogen-bond donors (Lipinski definition) is 0. The molecule has 106 valence electrons. The lowest BCUT2D eigenvalue weighted by molar-refractivity contribution is 0.327. The van der Waals surface area contributed by atoms with E-state index in [0.29, 0.717) is 12.4 Å². The van der Waals surface area contributed by atoms with E-state index in [1.807, 2.05) is 0 Å². The van der Waals surface area contributed by atoms with Crippen molar-refractivity contribution in [1.29, 1.82) is 0 Å². The number of para-hydroxylation sites is 2. The molecule has 0 aliphatic carbocycles. The summed E-state index contributed by atoms with van der Waals surface area (Å²) in [5.41, 5.74) is 0. The third-order valence-corrected chi connectivity index (χ3v) is 4.19. The van der Waals surface area contributed by atoms with E-state index in [2.05, 4.69) is 0 Å². The van der Waals surface area contributed by atoms with Crippen molar-refractivity contribution in [3.8, 4) is 11.5 Å². The number of halogens is 1. The van der Waals surface area contributed by atoms with Crippen molar-refractivity contribution < 1.29 is 17.3 Å². The van der Waals surface area contributed by atoms with Crippen molar-refractivity contribution in [2.24, 2.45) is 0 Å². The minimum absolute atomic E-state index is 0.0760. The molecule has 2 rings (SSSR count). The molecule has 0 heterocycles. The molecule has 0 atom stereocenters. The highest BCUT2D eigenvalue weighted by atomic mass is 35.5. The Kier molecular flexibility index (Phi) is 4.52. The Morgan fingerprint density at radius 1 is 1.00 bits per heavy atom. The van der Waals surface area contributed by atoms with Gasteiger partial charge in [-0.05, 0) is 31.2 Å². The maximum atomic E-state index is 12.2. The lowest BCUT2D eigenvalue weighted by Crippen LogP contribution is -2.11. The van der Waals surface area contributed by atoms with E-state index in [-0.39, 0.29) is 15.7 Å². The molecule has 0 spiro atoms. The predicted molar refractivity (Wildman–Crippen MR) is 76.9 cm³/mol. The molecule has 4 nitrogen and oxygen atoms in total. The van der Waals surface area contributed by atoms with Gasteiger partial charge < -0.3 is 8.92 Å². The van der Waals surface area contributed by atoms with E-state index in [9.17, 15) is 8.42 Å². The minimum atomic E-state index is -4.00. The summed E-state index contributed by atoms with van der Waals surface area (Å²) in [7, 11) is -4.00. The molecular formula is C14H13ClO4S. The number of ether oxygens (including phenoxy) is 1. The largest absolute Gasteiger partial charge is 0.490 e. The van der Waals surface area contributed by atoms with E-state index < -0.39 is 10.1 Å². The van der Waals surface area contributed by atoms with Gasteiger partial charge in [0.25, 0.3) is 0 Å². The first-order valence-corrected chi connectivity index (χ1v) is 7.74. The lowest BCUT2D eigenvalue weighted by Gasteiger charge is -2.12. The summed E-state index contributed by atoms with van der Waals surface area (Å²) in [6.45, 7) is 2.21. The normalized spacial score (nSPS) is 11.1. The summed E-state index contributed by atoms with van der Waals surface area (Å²) in [5.74, 6) is 0.500. The standard InChI is InChI=1S/C14H13ClO4S/c1-2-18-12-8-4-5-9-13(12)19-20(16,17)14-10-6-3-7-11(14)15/h3-10H,2H2,1H3. The Balaban J connectivity index is 2.37. The van der Waals surface area contributed by atoms with Gasteiger partial charge in [-0.15, -0.1) is 0 Å². The molecule has 0 fully saturated rings. The van der Waals surface area contributed by atoms with Gasteiger partial charge in [0, 0.05) is 0 Å². The first kappa shape index (κ1) is 14.7. The SMILES string of the molecule is CCOc1ccccc1OS(=O)(=O)c1ccccc1Cl.